The summed E-state index contributed by atoms with van der Waals surface area (Å²) in [6, 6.07) is 7.07. The second-order valence-corrected chi connectivity index (χ2v) is 11.4. The Balaban J connectivity index is 1.80. The number of hydrogen-bond donors (Lipinski definition) is 4. The Kier molecular flexibility index (Phi) is 10.9. The van der Waals surface area contributed by atoms with Gasteiger partial charge in [-0.25, -0.2) is 32.3 Å². The number of aliphatic carboxylic acids is 2. The fraction of sp³-hybridized carbons (Fsp3) is 0.250. The number of nitrogens with two attached hydrogens (primary N) is 1. The molecule has 19 heteroatoms. The number of amides is 4. The maximum absolute atomic E-state index is 14.8. The molecule has 1 saturated heterocycles. The maximum atomic E-state index is 14.8. The van der Waals surface area contributed by atoms with Crippen molar-refractivity contribution in [2.24, 2.45) is 10.8 Å². The van der Waals surface area contributed by atoms with Gasteiger partial charge in [0.15, 0.2) is 29.1 Å². The number of carboxylic acids is 2. The summed E-state index contributed by atoms with van der Waals surface area (Å²) in [4.78, 5) is 79.0. The van der Waals surface area contributed by atoms with E-state index in [1.165, 1.54) is 36.4 Å². The van der Waals surface area contributed by atoms with Crippen LogP contribution in [0.5, 0.6) is 0 Å². The molecule has 1 fully saturated rings. The van der Waals surface area contributed by atoms with Crippen molar-refractivity contribution in [1.29, 1.82) is 5.53 Å². The van der Waals surface area contributed by atoms with E-state index in [-0.39, 0.29) is 17.8 Å². The van der Waals surface area contributed by atoms with Crippen molar-refractivity contribution >= 4 is 41.3 Å². The van der Waals surface area contributed by atoms with Crippen LogP contribution >= 0.6 is 0 Å². The summed E-state index contributed by atoms with van der Waals surface area (Å²) >= 11 is 0. The third-order valence-electron chi connectivity index (χ3n) is 8.13. The highest BCUT2D eigenvalue weighted by molar-refractivity contribution is 6.14. The second-order valence-electron chi connectivity index (χ2n) is 11.4. The smallest absolute Gasteiger partial charge is 0.328 e. The Bertz CT molecular complexity index is 1930. The molecule has 0 aliphatic carbocycles. The number of hydrogen-bond acceptors (Lipinski definition) is 9. The monoisotopic (exact) mass is 718 g/mol. The number of carboxylic acid groups (broad SMARTS) is 2. The third kappa shape index (κ3) is 7.14. The molecule has 0 aromatic heterocycles. The maximum Gasteiger partial charge on any atom is 0.328 e. The lowest BCUT2D eigenvalue weighted by Crippen LogP contribution is -2.47. The van der Waals surface area contributed by atoms with E-state index < -0.39 is 113 Å². The fourth-order valence-electron chi connectivity index (χ4n) is 5.49. The summed E-state index contributed by atoms with van der Waals surface area (Å²) in [6.07, 6.45) is -0.905. The van der Waals surface area contributed by atoms with E-state index in [1.54, 1.807) is 0 Å². The Morgan fingerprint density at radius 2 is 1.47 bits per heavy atom. The van der Waals surface area contributed by atoms with Crippen LogP contribution in [0.25, 0.3) is 0 Å². The molecule has 14 nitrogen and oxygen atoms in total. The molecule has 1 aliphatic rings. The minimum absolute atomic E-state index is 0.0283. The zero-order chi connectivity index (χ0) is 37.9. The molecule has 0 bridgehead atoms. The molecule has 0 spiro atoms. The number of imide groups is 1. The second kappa shape index (κ2) is 14.8. The van der Waals surface area contributed by atoms with Gasteiger partial charge in [-0.15, -0.1) is 0 Å². The van der Waals surface area contributed by atoms with E-state index in [0.29, 0.717) is 20.3 Å². The summed E-state index contributed by atoms with van der Waals surface area (Å²) in [5, 5.41) is 21.8. The van der Waals surface area contributed by atoms with E-state index in [9.17, 15) is 55.8 Å². The number of ketones is 1. The van der Waals surface area contributed by atoms with Crippen molar-refractivity contribution in [3.63, 3.8) is 0 Å². The van der Waals surface area contributed by atoms with Gasteiger partial charge >= 0.3 is 18.0 Å². The zero-order valence-corrected chi connectivity index (χ0v) is 26.3. The van der Waals surface area contributed by atoms with Crippen molar-refractivity contribution in [3.8, 4) is 0 Å². The van der Waals surface area contributed by atoms with Gasteiger partial charge in [-0.3, -0.25) is 33.8 Å². The topological polar surface area (TPSA) is 215 Å². The number of carbonyl (C=O) groups excluding carboxylic acids is 4. The van der Waals surface area contributed by atoms with Crippen LogP contribution < -0.4 is 10.6 Å². The van der Waals surface area contributed by atoms with Crippen LogP contribution in [0.15, 0.2) is 53.6 Å². The normalized spacial score (nSPS) is 16.3. The summed E-state index contributed by atoms with van der Waals surface area (Å²) in [5.41, 5.74) is 8.66. The molecule has 0 radical (unpaired) electrons. The fourth-order valence-corrected chi connectivity index (χ4v) is 5.49. The van der Waals surface area contributed by atoms with Gasteiger partial charge in [-0.05, 0) is 30.2 Å². The molecule has 0 unspecified atom stereocenters. The number of anilines is 1. The highest BCUT2D eigenvalue weighted by Crippen LogP contribution is 2.40. The van der Waals surface area contributed by atoms with Crippen molar-refractivity contribution in [1.82, 2.24) is 9.80 Å². The van der Waals surface area contributed by atoms with Crippen LogP contribution in [0.2, 0.25) is 0 Å². The molecule has 4 rings (SSSR count). The van der Waals surface area contributed by atoms with Gasteiger partial charge < -0.3 is 20.8 Å². The lowest BCUT2D eigenvalue weighted by atomic mass is 9.89. The van der Waals surface area contributed by atoms with Crippen molar-refractivity contribution in [3.05, 3.63) is 99.9 Å². The minimum Gasteiger partial charge on any atom is -0.481 e. The molecule has 0 saturated carbocycles. The van der Waals surface area contributed by atoms with Gasteiger partial charge in [0.2, 0.25) is 11.7 Å². The molecule has 2 atom stereocenters. The number of nitrogens with zero attached hydrogens (tertiary/aromatic N) is 4. The van der Waals surface area contributed by atoms with Gasteiger partial charge in [0.25, 0.3) is 5.91 Å². The van der Waals surface area contributed by atoms with Gasteiger partial charge in [0, 0.05) is 11.1 Å². The predicted octanol–water partition coefficient (Wildman–Crippen LogP) is 3.70. The first-order valence-electron chi connectivity index (χ1n) is 14.6. The van der Waals surface area contributed by atoms with Gasteiger partial charge in [0.1, 0.15) is 12.1 Å². The van der Waals surface area contributed by atoms with Crippen LogP contribution in [0, 0.1) is 34.6 Å². The van der Waals surface area contributed by atoms with Crippen molar-refractivity contribution in [2.75, 3.05) is 18.0 Å². The van der Waals surface area contributed by atoms with Gasteiger partial charge in [-0.1, -0.05) is 36.4 Å². The molecule has 3 aromatic rings. The van der Waals surface area contributed by atoms with Crippen molar-refractivity contribution < 1.29 is 60.9 Å². The Morgan fingerprint density at radius 1 is 0.902 bits per heavy atom. The van der Waals surface area contributed by atoms with Crippen LogP contribution in [-0.4, -0.2) is 74.7 Å². The highest BCUT2D eigenvalue weighted by Gasteiger charge is 2.56. The van der Waals surface area contributed by atoms with E-state index in [1.807, 2.05) is 0 Å². The molecular weight excluding hydrogens is 691 g/mol. The summed E-state index contributed by atoms with van der Waals surface area (Å²) in [7, 11) is 0. The summed E-state index contributed by atoms with van der Waals surface area (Å²) in [6.45, 7) is -2.54. The number of halogens is 5. The average Bonchev–Trinajstić information content (AvgIpc) is 3.27. The number of rotatable bonds is 14. The average molecular weight is 719 g/mol. The van der Waals surface area contributed by atoms with E-state index >= 15 is 0 Å². The molecular formula is C32H27F5N6O8. The van der Waals surface area contributed by atoms with E-state index in [4.69, 9.17) is 16.4 Å². The lowest BCUT2D eigenvalue weighted by molar-refractivity contribution is -0.139. The molecule has 5 N–H and O–H groups in total. The van der Waals surface area contributed by atoms with Crippen LogP contribution in [-0.2, 0) is 37.8 Å². The number of Topliss-reactive ketones (excluding diaryl/α,β-unsaturated/α-hetero) is 1. The predicted molar refractivity (Wildman–Crippen MR) is 163 cm³/mol. The van der Waals surface area contributed by atoms with Crippen molar-refractivity contribution in [2.45, 2.75) is 38.0 Å². The largest absolute Gasteiger partial charge is 0.481 e. The van der Waals surface area contributed by atoms with Gasteiger partial charge in [-0.2, -0.15) is 5.11 Å². The quantitative estimate of drug-likeness (QED) is 0.0477. The molecule has 268 valence electrons. The molecule has 3 aromatic carbocycles. The van der Waals surface area contributed by atoms with Crippen LogP contribution in [0.1, 0.15) is 40.4 Å². The number of para-hydroxylation sites is 1. The first-order chi connectivity index (χ1) is 23.9. The first kappa shape index (κ1) is 37.7. The number of urea groups is 1. The molecule has 1 aliphatic heterocycles. The summed E-state index contributed by atoms with van der Waals surface area (Å²) < 4.78 is 71.8. The van der Waals surface area contributed by atoms with E-state index in [2.05, 4.69) is 5.11 Å². The lowest BCUT2D eigenvalue weighted by Gasteiger charge is -2.32. The molecule has 1 heterocycles. The Labute approximate surface area is 284 Å². The summed E-state index contributed by atoms with van der Waals surface area (Å²) in [5.74, 6) is -18.1. The minimum atomic E-state index is -2.46. The number of carbonyl (C=O) groups is 6. The zero-order valence-electron chi connectivity index (χ0n) is 26.3. The number of benzene rings is 3. The van der Waals surface area contributed by atoms with Crippen LogP contribution in [0.3, 0.4) is 0 Å². The molecule has 4 amide bonds. The standard InChI is InChI=1S/C32H27F5N6O8/c1-32(16-8-6-15(7-9-16)11-40-39)30(50)42(31(51)43(32)12-18-24(33)26(35)28(37)27(36)25(18)34)13-21(44)17-4-2-3-5-20(17)41(14-23(47)48)29(49)19(38)10-22(45)46/h2-9,19,39H,10-14,38H2,1H3,(H,45,46)(H,47,48)/t19-,32+/m0/s1. The first-order valence-corrected chi connectivity index (χ1v) is 14.6. The van der Waals surface area contributed by atoms with Gasteiger partial charge in [0.05, 0.1) is 37.8 Å². The SMILES string of the molecule is C[C@@]1(c2ccc(CN=N)cc2)C(=O)N(CC(=O)c2ccccc2N(CC(=O)O)C(=O)[C@@H](N)CC(=O)O)C(=O)N1Cc1c(F)c(F)c(F)c(F)c1F. The third-order valence-corrected chi connectivity index (χ3v) is 8.13. The molecule has 51 heavy (non-hydrogen) atoms. The number of nitrogens with one attached hydrogen (secondary N) is 1. The Hall–Kier alpha value is -6.11. The van der Waals surface area contributed by atoms with E-state index in [0.717, 1.165) is 19.1 Å². The van der Waals surface area contributed by atoms with Crippen LogP contribution in [0.4, 0.5) is 32.4 Å². The highest BCUT2D eigenvalue weighted by atomic mass is 19.2. The Morgan fingerprint density at radius 3 is 2.02 bits per heavy atom.